The van der Waals surface area contributed by atoms with E-state index in [0.29, 0.717) is 5.02 Å². The fraction of sp³-hybridized carbons (Fsp3) is 0.571. The van der Waals surface area contributed by atoms with Gasteiger partial charge in [-0.3, -0.25) is 9.36 Å². The molecule has 0 aliphatic carbocycles. The van der Waals surface area contributed by atoms with Crippen molar-refractivity contribution in [2.75, 3.05) is 7.05 Å². The molecule has 0 saturated heterocycles. The van der Waals surface area contributed by atoms with E-state index < -0.39 is 0 Å². The van der Waals surface area contributed by atoms with E-state index in [2.05, 4.69) is 29.4 Å². The number of aromatic nitrogens is 4. The molecule has 6 heteroatoms. The Morgan fingerprint density at radius 1 is 1.30 bits per heavy atom. The van der Waals surface area contributed by atoms with Crippen molar-refractivity contribution in [2.45, 2.75) is 32.7 Å². The van der Waals surface area contributed by atoms with Crippen molar-refractivity contribution in [1.82, 2.24) is 24.9 Å². The van der Waals surface area contributed by atoms with Gasteiger partial charge in [-0.1, -0.05) is 11.6 Å². The summed E-state index contributed by atoms with van der Waals surface area (Å²) in [6.45, 7) is 4.18. The van der Waals surface area contributed by atoms with Gasteiger partial charge in [-0.15, -0.1) is 0 Å². The minimum Gasteiger partial charge on any atom is -0.312 e. The molecule has 5 nitrogen and oxygen atoms in total. The molecule has 0 aliphatic heterocycles. The van der Waals surface area contributed by atoms with E-state index in [9.17, 15) is 0 Å². The Bertz CT molecular complexity index is 579. The van der Waals surface area contributed by atoms with E-state index in [1.165, 1.54) is 11.3 Å². The first-order valence-corrected chi connectivity index (χ1v) is 7.17. The fourth-order valence-electron chi connectivity index (χ4n) is 2.70. The lowest BCUT2D eigenvalue weighted by molar-refractivity contribution is 0.505. The van der Waals surface area contributed by atoms with Crippen LogP contribution in [0.15, 0.2) is 6.20 Å². The van der Waals surface area contributed by atoms with Gasteiger partial charge in [0.15, 0.2) is 0 Å². The van der Waals surface area contributed by atoms with Gasteiger partial charge in [0, 0.05) is 19.8 Å². The van der Waals surface area contributed by atoms with Gasteiger partial charge in [0.1, 0.15) is 0 Å². The maximum absolute atomic E-state index is 6.23. The third-order valence-electron chi connectivity index (χ3n) is 3.96. The van der Waals surface area contributed by atoms with Crippen LogP contribution < -0.4 is 5.32 Å². The second-order valence-corrected chi connectivity index (χ2v) is 5.56. The molecular weight excluding hydrogens is 274 g/mol. The Morgan fingerprint density at radius 2 is 2.00 bits per heavy atom. The highest BCUT2D eigenvalue weighted by Crippen LogP contribution is 2.26. The van der Waals surface area contributed by atoms with Crippen LogP contribution in [0, 0.1) is 13.8 Å². The van der Waals surface area contributed by atoms with Crippen molar-refractivity contribution in [3.05, 3.63) is 33.9 Å². The summed E-state index contributed by atoms with van der Waals surface area (Å²) < 4.78 is 3.78. The second kappa shape index (κ2) is 5.97. The van der Waals surface area contributed by atoms with Gasteiger partial charge < -0.3 is 5.32 Å². The van der Waals surface area contributed by atoms with Crippen LogP contribution in [0.25, 0.3) is 0 Å². The van der Waals surface area contributed by atoms with Crippen molar-refractivity contribution in [2.24, 2.45) is 14.1 Å². The van der Waals surface area contributed by atoms with Crippen LogP contribution >= 0.6 is 11.6 Å². The van der Waals surface area contributed by atoms with Gasteiger partial charge >= 0.3 is 0 Å². The molecule has 1 unspecified atom stereocenters. The molecule has 0 amide bonds. The predicted molar refractivity (Wildman–Crippen MR) is 81.0 cm³/mol. The summed E-state index contributed by atoms with van der Waals surface area (Å²) in [4.78, 5) is 0. The Morgan fingerprint density at radius 3 is 2.45 bits per heavy atom. The number of rotatable bonds is 5. The molecule has 0 aliphatic rings. The summed E-state index contributed by atoms with van der Waals surface area (Å²) in [6.07, 6.45) is 3.63. The summed E-state index contributed by atoms with van der Waals surface area (Å²) in [5.74, 6) is 0. The standard InChI is InChI=1S/C14H22ClN5/c1-9-11(10(2)19(4)18-9)6-7-13(16-3)14-12(15)8-17-20(14)5/h8,13,16H,6-7H2,1-5H3. The zero-order valence-corrected chi connectivity index (χ0v) is 13.5. The lowest BCUT2D eigenvalue weighted by atomic mass is 10.0. The third kappa shape index (κ3) is 2.74. The van der Waals surface area contributed by atoms with E-state index in [1.54, 1.807) is 6.20 Å². The van der Waals surface area contributed by atoms with E-state index >= 15 is 0 Å². The second-order valence-electron chi connectivity index (χ2n) is 5.15. The molecule has 0 fully saturated rings. The van der Waals surface area contributed by atoms with E-state index in [-0.39, 0.29) is 6.04 Å². The van der Waals surface area contributed by atoms with Crippen molar-refractivity contribution >= 4 is 11.6 Å². The molecule has 20 heavy (non-hydrogen) atoms. The van der Waals surface area contributed by atoms with Gasteiger partial charge in [0.25, 0.3) is 0 Å². The van der Waals surface area contributed by atoms with E-state index in [1.807, 2.05) is 30.5 Å². The Hall–Kier alpha value is -1.33. The third-order valence-corrected chi connectivity index (χ3v) is 4.25. The molecule has 2 rings (SSSR count). The highest BCUT2D eigenvalue weighted by molar-refractivity contribution is 6.31. The quantitative estimate of drug-likeness (QED) is 0.921. The first-order valence-electron chi connectivity index (χ1n) is 6.79. The minimum absolute atomic E-state index is 0.189. The zero-order valence-electron chi connectivity index (χ0n) is 12.7. The van der Waals surface area contributed by atoms with Gasteiger partial charge in [0.2, 0.25) is 0 Å². The fourth-order valence-corrected chi connectivity index (χ4v) is 3.00. The lowest BCUT2D eigenvalue weighted by Crippen LogP contribution is -2.20. The first-order chi connectivity index (χ1) is 9.45. The molecule has 0 bridgehead atoms. The van der Waals surface area contributed by atoms with Crippen LogP contribution in [0.1, 0.15) is 35.1 Å². The van der Waals surface area contributed by atoms with Crippen molar-refractivity contribution in [3.8, 4) is 0 Å². The average molecular weight is 296 g/mol. The molecule has 2 aromatic heterocycles. The Labute approximate surface area is 124 Å². The van der Waals surface area contributed by atoms with Gasteiger partial charge in [-0.2, -0.15) is 10.2 Å². The van der Waals surface area contributed by atoms with Crippen LogP contribution in [-0.4, -0.2) is 26.6 Å². The highest BCUT2D eigenvalue weighted by Gasteiger charge is 2.19. The molecule has 2 aromatic rings. The van der Waals surface area contributed by atoms with E-state index in [0.717, 1.165) is 24.2 Å². The highest BCUT2D eigenvalue weighted by atomic mass is 35.5. The normalized spacial score (nSPS) is 12.9. The molecule has 0 aromatic carbocycles. The first kappa shape index (κ1) is 15.1. The van der Waals surface area contributed by atoms with Crippen LogP contribution in [0.4, 0.5) is 0 Å². The van der Waals surface area contributed by atoms with Crippen LogP contribution in [0.3, 0.4) is 0 Å². The molecule has 110 valence electrons. The lowest BCUT2D eigenvalue weighted by Gasteiger charge is -2.17. The van der Waals surface area contributed by atoms with Crippen LogP contribution in [-0.2, 0) is 20.5 Å². The summed E-state index contributed by atoms with van der Waals surface area (Å²) in [6, 6.07) is 0.189. The molecule has 0 spiro atoms. The number of hydrogen-bond donors (Lipinski definition) is 1. The Kier molecular flexibility index (Phi) is 4.50. The molecular formula is C14H22ClN5. The van der Waals surface area contributed by atoms with Crippen molar-refractivity contribution in [1.29, 1.82) is 0 Å². The van der Waals surface area contributed by atoms with Crippen molar-refractivity contribution < 1.29 is 0 Å². The largest absolute Gasteiger partial charge is 0.312 e. The molecule has 2 heterocycles. The minimum atomic E-state index is 0.189. The monoisotopic (exact) mass is 295 g/mol. The van der Waals surface area contributed by atoms with E-state index in [4.69, 9.17) is 11.6 Å². The van der Waals surface area contributed by atoms with Crippen LogP contribution in [0.2, 0.25) is 5.02 Å². The number of aryl methyl sites for hydroxylation is 3. The van der Waals surface area contributed by atoms with Crippen molar-refractivity contribution in [3.63, 3.8) is 0 Å². The Balaban J connectivity index is 2.16. The topological polar surface area (TPSA) is 47.7 Å². The summed E-state index contributed by atoms with van der Waals surface area (Å²) in [7, 11) is 5.86. The smallest absolute Gasteiger partial charge is 0.0833 e. The predicted octanol–water partition coefficient (Wildman–Crippen LogP) is 2.32. The van der Waals surface area contributed by atoms with Gasteiger partial charge in [-0.25, -0.2) is 0 Å². The maximum atomic E-state index is 6.23. The average Bonchev–Trinajstić information content (AvgIpc) is 2.85. The summed E-state index contributed by atoms with van der Waals surface area (Å²) in [5, 5.41) is 12.7. The van der Waals surface area contributed by atoms with Gasteiger partial charge in [0.05, 0.1) is 28.6 Å². The molecule has 1 N–H and O–H groups in total. The SMILES string of the molecule is CNC(CCc1c(C)nn(C)c1C)c1c(Cl)cnn1C. The number of halogens is 1. The molecule has 0 saturated carbocycles. The number of nitrogens with zero attached hydrogens (tertiary/aromatic N) is 4. The van der Waals surface area contributed by atoms with Crippen LogP contribution in [0.5, 0.6) is 0 Å². The summed E-state index contributed by atoms with van der Waals surface area (Å²) in [5.41, 5.74) is 4.70. The summed E-state index contributed by atoms with van der Waals surface area (Å²) >= 11 is 6.23. The molecule has 0 radical (unpaired) electrons. The number of nitrogens with one attached hydrogen (secondary N) is 1. The number of hydrogen-bond acceptors (Lipinski definition) is 3. The zero-order chi connectivity index (χ0) is 14.9. The molecule has 1 atom stereocenters. The van der Waals surface area contributed by atoms with Gasteiger partial charge in [-0.05, 0) is 39.3 Å². The maximum Gasteiger partial charge on any atom is 0.0833 e.